The largest absolute Gasteiger partial charge is 0.480 e. The lowest BCUT2D eigenvalue weighted by atomic mass is 10.1. The predicted molar refractivity (Wildman–Crippen MR) is 79.8 cm³/mol. The highest BCUT2D eigenvalue weighted by Crippen LogP contribution is 2.01. The van der Waals surface area contributed by atoms with E-state index in [1.54, 1.807) is 0 Å². The zero-order valence-corrected chi connectivity index (χ0v) is 12.5. The number of carbonyl (C=O) groups is 2. The van der Waals surface area contributed by atoms with Gasteiger partial charge in [-0.25, -0.2) is 0 Å². The second-order valence-corrected chi connectivity index (χ2v) is 5.00. The molecule has 0 fully saturated rings. The van der Waals surface area contributed by atoms with E-state index < -0.39 is 24.0 Å². The van der Waals surface area contributed by atoms with Gasteiger partial charge in [0.15, 0.2) is 5.96 Å². The molecule has 10 N–H and O–H groups in total. The molecule has 21 heavy (non-hydrogen) atoms. The van der Waals surface area contributed by atoms with Gasteiger partial charge in [-0.15, -0.1) is 0 Å². The lowest BCUT2D eigenvalue weighted by molar-refractivity contribution is -0.139. The van der Waals surface area contributed by atoms with Crippen molar-refractivity contribution in [1.29, 1.82) is 5.41 Å². The van der Waals surface area contributed by atoms with Crippen LogP contribution in [0.25, 0.3) is 0 Å². The number of hydrogen-bond acceptors (Lipinski definition) is 5. The minimum Gasteiger partial charge on any atom is -0.480 e. The monoisotopic (exact) mass is 305 g/mol. The minimum absolute atomic E-state index is 0.112. The lowest BCUT2D eigenvalue weighted by Crippen LogP contribution is -2.34. The van der Waals surface area contributed by atoms with Crippen LogP contribution in [0.5, 0.6) is 0 Å². The Bertz CT molecular complexity index is 336. The van der Waals surface area contributed by atoms with Gasteiger partial charge in [0.1, 0.15) is 12.1 Å². The van der Waals surface area contributed by atoms with Crippen molar-refractivity contribution >= 4 is 17.9 Å². The molecule has 0 aromatic carbocycles. The van der Waals surface area contributed by atoms with Crippen molar-refractivity contribution in [2.75, 3.05) is 6.54 Å². The van der Waals surface area contributed by atoms with E-state index in [0.29, 0.717) is 31.7 Å². The summed E-state index contributed by atoms with van der Waals surface area (Å²) in [5.41, 5.74) is 15.4. The van der Waals surface area contributed by atoms with Crippen molar-refractivity contribution in [3.8, 4) is 0 Å². The van der Waals surface area contributed by atoms with Gasteiger partial charge >= 0.3 is 11.9 Å². The standard InChI is InChI=1S/C6H14N4O2.C6H13NO2/c7-4(5(11)12)2-1-3-10-6(8)9;1-4(2)3-5(7)6(8)9/h4H,1-3,7H2,(H,11,12)(H4,8,9,10);4-5H,3,7H2,1-2H3,(H,8,9). The van der Waals surface area contributed by atoms with Crippen molar-refractivity contribution in [3.63, 3.8) is 0 Å². The van der Waals surface area contributed by atoms with Crippen LogP contribution in [0.3, 0.4) is 0 Å². The van der Waals surface area contributed by atoms with Gasteiger partial charge < -0.3 is 32.7 Å². The van der Waals surface area contributed by atoms with Crippen molar-refractivity contribution in [1.82, 2.24) is 5.32 Å². The summed E-state index contributed by atoms with van der Waals surface area (Å²) in [6.45, 7) is 4.38. The third-order valence-corrected chi connectivity index (χ3v) is 2.37. The smallest absolute Gasteiger partial charge is 0.320 e. The molecule has 0 aliphatic rings. The highest BCUT2D eigenvalue weighted by Gasteiger charge is 2.12. The first-order chi connectivity index (χ1) is 9.57. The number of carboxylic acids is 2. The normalized spacial score (nSPS) is 12.8. The van der Waals surface area contributed by atoms with Crippen LogP contribution in [0.4, 0.5) is 0 Å². The van der Waals surface area contributed by atoms with E-state index >= 15 is 0 Å². The molecule has 0 heterocycles. The first-order valence-electron chi connectivity index (χ1n) is 6.62. The summed E-state index contributed by atoms with van der Waals surface area (Å²) in [5.74, 6) is -1.67. The number of aliphatic carboxylic acids is 2. The number of nitrogens with one attached hydrogen (secondary N) is 2. The second-order valence-electron chi connectivity index (χ2n) is 5.00. The summed E-state index contributed by atoms with van der Waals surface area (Å²) in [7, 11) is 0. The lowest BCUT2D eigenvalue weighted by Gasteiger charge is -2.07. The fourth-order valence-corrected chi connectivity index (χ4v) is 1.28. The molecular weight excluding hydrogens is 278 g/mol. The van der Waals surface area contributed by atoms with Gasteiger partial charge in [0.05, 0.1) is 0 Å². The first-order valence-corrected chi connectivity index (χ1v) is 6.62. The molecule has 0 saturated heterocycles. The molecule has 0 aromatic rings. The van der Waals surface area contributed by atoms with Crippen LogP contribution >= 0.6 is 0 Å². The topological polar surface area (TPSA) is 189 Å². The van der Waals surface area contributed by atoms with Gasteiger partial charge in [-0.2, -0.15) is 0 Å². The summed E-state index contributed by atoms with van der Waals surface area (Å²) in [4.78, 5) is 20.3. The first kappa shape index (κ1) is 21.4. The maximum Gasteiger partial charge on any atom is 0.320 e. The molecule has 0 aliphatic heterocycles. The molecule has 0 spiro atoms. The number of guanidine groups is 1. The summed E-state index contributed by atoms with van der Waals surface area (Å²) < 4.78 is 0. The Labute approximate surface area is 124 Å². The Balaban J connectivity index is 0. The van der Waals surface area contributed by atoms with Crippen molar-refractivity contribution in [2.45, 2.75) is 45.2 Å². The van der Waals surface area contributed by atoms with Crippen LogP contribution in [0.2, 0.25) is 0 Å². The fraction of sp³-hybridized carbons (Fsp3) is 0.750. The van der Waals surface area contributed by atoms with Crippen LogP contribution in [-0.4, -0.2) is 46.7 Å². The average Bonchev–Trinajstić information content (AvgIpc) is 2.33. The van der Waals surface area contributed by atoms with E-state index in [1.807, 2.05) is 13.8 Å². The summed E-state index contributed by atoms with van der Waals surface area (Å²) in [6.07, 6.45) is 1.53. The van der Waals surface area contributed by atoms with Crippen LogP contribution < -0.4 is 22.5 Å². The zero-order chi connectivity index (χ0) is 17.0. The third kappa shape index (κ3) is 16.1. The van der Waals surface area contributed by atoms with Crippen LogP contribution in [0, 0.1) is 11.3 Å². The molecule has 124 valence electrons. The Kier molecular flexibility index (Phi) is 12.2. The molecule has 0 radical (unpaired) electrons. The van der Waals surface area contributed by atoms with Crippen molar-refractivity contribution in [2.24, 2.45) is 23.1 Å². The number of carboxylic acid groups (broad SMARTS) is 2. The molecule has 0 aromatic heterocycles. The molecule has 9 nitrogen and oxygen atoms in total. The van der Waals surface area contributed by atoms with Gasteiger partial charge in [0.25, 0.3) is 0 Å². The Morgan fingerprint density at radius 2 is 1.62 bits per heavy atom. The summed E-state index contributed by atoms with van der Waals surface area (Å²) in [6, 6.07) is -1.51. The quantitative estimate of drug-likeness (QED) is 0.170. The van der Waals surface area contributed by atoms with Crippen molar-refractivity contribution in [3.05, 3.63) is 0 Å². The highest BCUT2D eigenvalue weighted by molar-refractivity contribution is 5.74. The van der Waals surface area contributed by atoms with Gasteiger partial charge in [0.2, 0.25) is 0 Å². The molecular formula is C12H27N5O4. The van der Waals surface area contributed by atoms with E-state index in [1.165, 1.54) is 0 Å². The Morgan fingerprint density at radius 1 is 1.14 bits per heavy atom. The van der Waals surface area contributed by atoms with Gasteiger partial charge in [0, 0.05) is 6.54 Å². The molecule has 2 unspecified atom stereocenters. The van der Waals surface area contributed by atoms with E-state index in [-0.39, 0.29) is 5.96 Å². The fourth-order valence-electron chi connectivity index (χ4n) is 1.28. The number of nitrogens with two attached hydrogens (primary N) is 3. The van der Waals surface area contributed by atoms with Crippen LogP contribution in [0.15, 0.2) is 0 Å². The number of hydrogen-bond donors (Lipinski definition) is 7. The minimum atomic E-state index is -1.00. The molecule has 0 rings (SSSR count). The molecule has 0 bridgehead atoms. The molecule has 2 atom stereocenters. The van der Waals surface area contributed by atoms with Crippen LogP contribution in [-0.2, 0) is 9.59 Å². The second kappa shape index (κ2) is 11.9. The average molecular weight is 305 g/mol. The maximum absolute atomic E-state index is 10.2. The molecule has 9 heteroatoms. The SMILES string of the molecule is CC(C)CC(N)C(=O)O.N=C(N)NCCCC(N)C(=O)O. The molecule has 0 aliphatic carbocycles. The molecule has 0 amide bonds. The molecule has 0 saturated carbocycles. The van der Waals surface area contributed by atoms with E-state index in [9.17, 15) is 9.59 Å². The third-order valence-electron chi connectivity index (χ3n) is 2.37. The Morgan fingerprint density at radius 3 is 1.90 bits per heavy atom. The maximum atomic E-state index is 10.2. The summed E-state index contributed by atoms with van der Waals surface area (Å²) >= 11 is 0. The van der Waals surface area contributed by atoms with Gasteiger partial charge in [-0.05, 0) is 25.2 Å². The van der Waals surface area contributed by atoms with Gasteiger partial charge in [-0.1, -0.05) is 13.8 Å². The Hall–Kier alpha value is -1.87. The predicted octanol–water partition coefficient (Wildman–Crippen LogP) is -0.894. The highest BCUT2D eigenvalue weighted by atomic mass is 16.4. The van der Waals surface area contributed by atoms with Gasteiger partial charge in [-0.3, -0.25) is 15.0 Å². The van der Waals surface area contributed by atoms with Crippen LogP contribution in [0.1, 0.15) is 33.1 Å². The van der Waals surface area contributed by atoms with E-state index in [0.717, 1.165) is 0 Å². The van der Waals surface area contributed by atoms with E-state index in [2.05, 4.69) is 5.32 Å². The number of rotatable bonds is 8. The zero-order valence-electron chi connectivity index (χ0n) is 12.5. The summed E-state index contributed by atoms with van der Waals surface area (Å²) in [5, 5.41) is 26.0. The van der Waals surface area contributed by atoms with Crippen molar-refractivity contribution < 1.29 is 19.8 Å². The van der Waals surface area contributed by atoms with E-state index in [4.69, 9.17) is 32.8 Å².